The lowest BCUT2D eigenvalue weighted by Gasteiger charge is -2.14. The predicted octanol–water partition coefficient (Wildman–Crippen LogP) is 0.669. The number of rotatable bonds is 6. The number of hydrogen-bond acceptors (Lipinski definition) is 6. The minimum Gasteiger partial charge on any atom is -0.408 e. The average molecular weight is 380 g/mol. The van der Waals surface area contributed by atoms with E-state index in [1.165, 1.54) is 4.57 Å². The molecule has 0 spiro atoms. The Bertz CT molecular complexity index is 1090. The molecule has 0 saturated carbocycles. The van der Waals surface area contributed by atoms with Crippen LogP contribution in [0.2, 0.25) is 0 Å². The molecular weight excluding hydrogens is 360 g/mol. The Morgan fingerprint density at radius 1 is 1.29 bits per heavy atom. The van der Waals surface area contributed by atoms with Gasteiger partial charge in [-0.1, -0.05) is 30.3 Å². The van der Waals surface area contributed by atoms with Gasteiger partial charge < -0.3 is 20.6 Å². The van der Waals surface area contributed by atoms with Gasteiger partial charge in [0.05, 0.1) is 11.6 Å². The molecule has 2 atom stereocenters. The number of benzene rings is 2. The minimum absolute atomic E-state index is 0.203. The van der Waals surface area contributed by atoms with Gasteiger partial charge in [-0.2, -0.15) is 5.26 Å². The fourth-order valence-electron chi connectivity index (χ4n) is 2.88. The van der Waals surface area contributed by atoms with E-state index >= 15 is 0 Å². The number of hydrogen-bond donors (Lipinski definition) is 3. The van der Waals surface area contributed by atoms with E-state index in [1.54, 1.807) is 13.1 Å². The molecule has 3 aromatic rings. The van der Waals surface area contributed by atoms with Gasteiger partial charge in [0.25, 0.3) is 5.91 Å². The van der Waals surface area contributed by atoms with E-state index in [1.807, 2.05) is 42.5 Å². The SMILES string of the molecule is Cn1c(=O)oc2ccc(-c3ccc(C[C@@H](C#N)NC(=O)[C@H](O)CN)cc3)cc21. The first-order valence-electron chi connectivity index (χ1n) is 8.70. The number of nitrogens with one attached hydrogen (secondary N) is 1. The lowest BCUT2D eigenvalue weighted by Crippen LogP contribution is -2.44. The predicted molar refractivity (Wildman–Crippen MR) is 103 cm³/mol. The van der Waals surface area contributed by atoms with Crippen LogP contribution in [0.1, 0.15) is 5.56 Å². The monoisotopic (exact) mass is 380 g/mol. The summed E-state index contributed by atoms with van der Waals surface area (Å²) in [5, 5.41) is 21.1. The van der Waals surface area contributed by atoms with Crippen LogP contribution in [0.4, 0.5) is 0 Å². The van der Waals surface area contributed by atoms with Crippen LogP contribution >= 0.6 is 0 Å². The van der Waals surface area contributed by atoms with Crippen LogP contribution in [0, 0.1) is 11.3 Å². The van der Waals surface area contributed by atoms with Gasteiger partial charge in [-0.05, 0) is 28.8 Å². The lowest BCUT2D eigenvalue weighted by molar-refractivity contribution is -0.129. The van der Waals surface area contributed by atoms with Crippen LogP contribution in [0.15, 0.2) is 51.7 Å². The average Bonchev–Trinajstić information content (AvgIpc) is 3.00. The summed E-state index contributed by atoms with van der Waals surface area (Å²) in [7, 11) is 1.65. The number of aryl methyl sites for hydroxylation is 1. The van der Waals surface area contributed by atoms with Crippen LogP contribution in [0.25, 0.3) is 22.2 Å². The highest BCUT2D eigenvalue weighted by Gasteiger charge is 2.18. The molecule has 2 aromatic carbocycles. The number of oxazole rings is 1. The second kappa shape index (κ2) is 8.08. The second-order valence-electron chi connectivity index (χ2n) is 6.45. The van der Waals surface area contributed by atoms with Crippen molar-refractivity contribution < 1.29 is 14.3 Å². The van der Waals surface area contributed by atoms with E-state index in [0.29, 0.717) is 17.5 Å². The van der Waals surface area contributed by atoms with Gasteiger partial charge >= 0.3 is 5.76 Å². The molecule has 0 unspecified atom stereocenters. The molecule has 8 heteroatoms. The number of fused-ring (bicyclic) bond motifs is 1. The number of nitriles is 1. The summed E-state index contributed by atoms with van der Waals surface area (Å²) in [6, 6.07) is 14.3. The Morgan fingerprint density at radius 2 is 1.96 bits per heavy atom. The third kappa shape index (κ3) is 3.96. The topological polar surface area (TPSA) is 134 Å². The van der Waals surface area contributed by atoms with Gasteiger partial charge in [-0.25, -0.2) is 4.79 Å². The number of aliphatic hydroxyl groups is 1. The molecule has 0 aliphatic carbocycles. The zero-order valence-electron chi connectivity index (χ0n) is 15.3. The van der Waals surface area contributed by atoms with E-state index in [0.717, 1.165) is 16.7 Å². The molecule has 3 rings (SSSR count). The first-order valence-corrected chi connectivity index (χ1v) is 8.70. The van der Waals surface area contributed by atoms with Gasteiger partial charge in [0.2, 0.25) is 0 Å². The van der Waals surface area contributed by atoms with Crippen molar-refractivity contribution in [1.29, 1.82) is 5.26 Å². The Morgan fingerprint density at radius 3 is 2.61 bits per heavy atom. The van der Waals surface area contributed by atoms with Crippen molar-refractivity contribution in [2.45, 2.75) is 18.6 Å². The molecule has 0 fully saturated rings. The van der Waals surface area contributed by atoms with E-state index in [2.05, 4.69) is 5.32 Å². The maximum absolute atomic E-state index is 11.7. The molecule has 0 radical (unpaired) electrons. The number of nitrogens with two attached hydrogens (primary N) is 1. The minimum atomic E-state index is -1.33. The van der Waals surface area contributed by atoms with Gasteiger partial charge in [-0.15, -0.1) is 0 Å². The highest BCUT2D eigenvalue weighted by Crippen LogP contribution is 2.24. The normalized spacial score (nSPS) is 13.1. The molecule has 4 N–H and O–H groups in total. The van der Waals surface area contributed by atoms with Crippen LogP contribution in [0.3, 0.4) is 0 Å². The molecule has 0 bridgehead atoms. The highest BCUT2D eigenvalue weighted by molar-refractivity contribution is 5.81. The van der Waals surface area contributed by atoms with E-state index in [-0.39, 0.29) is 6.54 Å². The maximum Gasteiger partial charge on any atom is 0.419 e. The third-order valence-corrected chi connectivity index (χ3v) is 4.52. The number of aromatic nitrogens is 1. The number of amides is 1. The van der Waals surface area contributed by atoms with Crippen molar-refractivity contribution >= 4 is 17.0 Å². The summed E-state index contributed by atoms with van der Waals surface area (Å²) in [6.07, 6.45) is -1.03. The Hall–Kier alpha value is -3.41. The Labute approximate surface area is 160 Å². The number of carbonyl (C=O) groups is 1. The van der Waals surface area contributed by atoms with Crippen LogP contribution in [0.5, 0.6) is 0 Å². The van der Waals surface area contributed by atoms with Crippen molar-refractivity contribution in [2.24, 2.45) is 12.8 Å². The number of nitrogens with zero attached hydrogens (tertiary/aromatic N) is 2. The molecule has 1 heterocycles. The lowest BCUT2D eigenvalue weighted by atomic mass is 10.0. The standard InChI is InChI=1S/C20H20N4O4/c1-24-16-9-14(6-7-18(16)28-20(24)27)13-4-2-12(3-5-13)8-15(10-21)23-19(26)17(25)11-22/h2-7,9,15,17,25H,8,11,22H2,1H3,(H,23,26)/t15-,17+/m0/s1. The summed E-state index contributed by atoms with van der Waals surface area (Å²) >= 11 is 0. The van der Waals surface area contributed by atoms with Crippen molar-refractivity contribution in [3.05, 3.63) is 58.6 Å². The highest BCUT2D eigenvalue weighted by atomic mass is 16.4. The van der Waals surface area contributed by atoms with Gasteiger partial charge in [0.1, 0.15) is 12.1 Å². The fourth-order valence-corrected chi connectivity index (χ4v) is 2.88. The quantitative estimate of drug-likeness (QED) is 0.575. The number of aliphatic hydroxyl groups excluding tert-OH is 1. The van der Waals surface area contributed by atoms with E-state index in [9.17, 15) is 20.0 Å². The molecule has 144 valence electrons. The Kier molecular flexibility index (Phi) is 5.59. The zero-order valence-corrected chi connectivity index (χ0v) is 15.3. The molecule has 28 heavy (non-hydrogen) atoms. The van der Waals surface area contributed by atoms with Crippen molar-refractivity contribution in [2.75, 3.05) is 6.54 Å². The van der Waals surface area contributed by atoms with Crippen molar-refractivity contribution in [3.8, 4) is 17.2 Å². The Balaban J connectivity index is 1.76. The molecule has 8 nitrogen and oxygen atoms in total. The summed E-state index contributed by atoms with van der Waals surface area (Å²) in [5.41, 5.74) is 9.19. The molecular formula is C20H20N4O4. The first kappa shape index (κ1) is 19.4. The summed E-state index contributed by atoms with van der Waals surface area (Å²) in [6.45, 7) is -0.203. The fraction of sp³-hybridized carbons (Fsp3) is 0.250. The van der Waals surface area contributed by atoms with E-state index in [4.69, 9.17) is 10.2 Å². The van der Waals surface area contributed by atoms with Crippen molar-refractivity contribution in [3.63, 3.8) is 0 Å². The van der Waals surface area contributed by atoms with Crippen LogP contribution in [-0.2, 0) is 18.3 Å². The van der Waals surface area contributed by atoms with E-state index < -0.39 is 23.8 Å². The molecule has 0 saturated heterocycles. The third-order valence-electron chi connectivity index (χ3n) is 4.52. The smallest absolute Gasteiger partial charge is 0.408 e. The largest absolute Gasteiger partial charge is 0.419 e. The summed E-state index contributed by atoms with van der Waals surface area (Å²) in [5.74, 6) is -1.07. The van der Waals surface area contributed by atoms with Gasteiger partial charge in [0, 0.05) is 20.0 Å². The summed E-state index contributed by atoms with van der Waals surface area (Å²) < 4.78 is 6.59. The van der Waals surface area contributed by atoms with Gasteiger partial charge in [-0.3, -0.25) is 9.36 Å². The molecule has 1 amide bonds. The van der Waals surface area contributed by atoms with Gasteiger partial charge in [0.15, 0.2) is 5.58 Å². The van der Waals surface area contributed by atoms with Crippen LogP contribution in [-0.4, -0.2) is 34.3 Å². The molecule has 1 aromatic heterocycles. The number of carbonyl (C=O) groups excluding carboxylic acids is 1. The maximum atomic E-state index is 11.7. The van der Waals surface area contributed by atoms with Crippen LogP contribution < -0.4 is 16.8 Å². The van der Waals surface area contributed by atoms with Crippen molar-refractivity contribution in [1.82, 2.24) is 9.88 Å². The summed E-state index contributed by atoms with van der Waals surface area (Å²) in [4.78, 5) is 23.3. The molecule has 0 aliphatic heterocycles. The first-order chi connectivity index (χ1) is 13.4. The second-order valence-corrected chi connectivity index (χ2v) is 6.45. The zero-order chi connectivity index (χ0) is 20.3. The molecule has 0 aliphatic rings.